The zero-order chi connectivity index (χ0) is 5.98. The lowest BCUT2D eigenvalue weighted by atomic mass is 10.4. The highest BCUT2D eigenvalue weighted by molar-refractivity contribution is 6.11. The Morgan fingerprint density at radius 3 is 2.88 bits per heavy atom. The number of hydrogen-bond donors (Lipinski definition) is 1. The van der Waals surface area contributed by atoms with E-state index in [1.807, 2.05) is 6.20 Å². The zero-order valence-electron chi connectivity index (χ0n) is 5.18. The number of H-pyrrole nitrogens is 1. The lowest BCUT2D eigenvalue weighted by Gasteiger charge is -1.94. The van der Waals surface area contributed by atoms with Gasteiger partial charge in [-0.05, 0) is 4.78 Å². The predicted molar refractivity (Wildman–Crippen MR) is 35.5 cm³/mol. The molecule has 0 saturated carbocycles. The van der Waals surface area contributed by atoms with Gasteiger partial charge in [0.15, 0.2) is 0 Å². The van der Waals surface area contributed by atoms with Gasteiger partial charge in [0.1, 0.15) is 0 Å². The van der Waals surface area contributed by atoms with Crippen LogP contribution in [0.25, 0.3) is 0 Å². The fourth-order valence-corrected chi connectivity index (χ4v) is 0.909. The van der Waals surface area contributed by atoms with Crippen molar-refractivity contribution in [2.75, 3.05) is 0 Å². The van der Waals surface area contributed by atoms with Gasteiger partial charge in [-0.3, -0.25) is 0 Å². The molecule has 0 radical (unpaired) electrons. The summed E-state index contributed by atoms with van der Waals surface area (Å²) in [6.07, 6.45) is 3.66. The summed E-state index contributed by atoms with van der Waals surface area (Å²) in [5.74, 6) is 1.12. The number of aromatic nitrogens is 2. The van der Waals surface area contributed by atoms with Crippen molar-refractivity contribution in [1.29, 1.82) is 0 Å². The minimum atomic E-state index is 0.657. The van der Waals surface area contributed by atoms with E-state index in [9.17, 15) is 0 Å². The molecule has 0 aliphatic heterocycles. The maximum atomic E-state index is 4.09. The summed E-state index contributed by atoms with van der Waals surface area (Å²) >= 11 is 1.18. The third kappa shape index (κ3) is 1.12. The fraction of sp³-hybridized carbons (Fsp3) is 0.400. The van der Waals surface area contributed by atoms with E-state index in [0.717, 1.165) is 5.82 Å². The molecule has 0 saturated heterocycles. The van der Waals surface area contributed by atoms with Crippen LogP contribution in [-0.2, 0) is 0 Å². The molecular formula is C5H9AlN2. The molecule has 1 rings (SSSR count). The summed E-state index contributed by atoms with van der Waals surface area (Å²) in [4.78, 5) is 7.16. The van der Waals surface area contributed by atoms with E-state index in [-0.39, 0.29) is 0 Å². The summed E-state index contributed by atoms with van der Waals surface area (Å²) < 4.78 is 0.657. The summed E-state index contributed by atoms with van der Waals surface area (Å²) in [5, 5.41) is 0. The van der Waals surface area contributed by atoms with Gasteiger partial charge in [-0.1, -0.05) is 6.92 Å². The molecular weight excluding hydrogens is 115 g/mol. The van der Waals surface area contributed by atoms with Gasteiger partial charge in [0, 0.05) is 12.4 Å². The molecule has 0 aromatic carbocycles. The third-order valence-electron chi connectivity index (χ3n) is 1.07. The number of nitrogens with one attached hydrogen (secondary N) is 1. The van der Waals surface area contributed by atoms with Gasteiger partial charge in [-0.15, -0.1) is 0 Å². The Bertz CT molecular complexity index is 145. The van der Waals surface area contributed by atoms with Gasteiger partial charge in [0.2, 0.25) is 16.3 Å². The van der Waals surface area contributed by atoms with Crippen LogP contribution in [0.15, 0.2) is 12.4 Å². The second-order valence-electron chi connectivity index (χ2n) is 2.13. The summed E-state index contributed by atoms with van der Waals surface area (Å²) in [5.41, 5.74) is 0. The van der Waals surface area contributed by atoms with E-state index < -0.39 is 0 Å². The first kappa shape index (κ1) is 5.87. The molecule has 1 unspecified atom stereocenters. The van der Waals surface area contributed by atoms with Crippen LogP contribution in [-0.4, -0.2) is 26.3 Å². The molecule has 3 heteroatoms. The van der Waals surface area contributed by atoms with Gasteiger partial charge >= 0.3 is 0 Å². The minimum Gasteiger partial charge on any atom is -0.349 e. The maximum absolute atomic E-state index is 4.09. The van der Waals surface area contributed by atoms with Gasteiger partial charge < -0.3 is 4.98 Å². The molecule has 1 heterocycles. The molecule has 8 heavy (non-hydrogen) atoms. The largest absolute Gasteiger partial charge is 0.349 e. The number of nitrogens with zero attached hydrogens (tertiary/aromatic N) is 1. The summed E-state index contributed by atoms with van der Waals surface area (Å²) in [7, 11) is 0. The zero-order valence-corrected chi connectivity index (χ0v) is 7.18. The van der Waals surface area contributed by atoms with E-state index in [0.29, 0.717) is 4.78 Å². The van der Waals surface area contributed by atoms with Crippen molar-refractivity contribution in [3.63, 3.8) is 0 Å². The SMILES string of the molecule is C[CH]([AlH2])c1ncc[nH]1. The van der Waals surface area contributed by atoms with E-state index in [4.69, 9.17) is 0 Å². The maximum Gasteiger partial charge on any atom is 0.228 e. The van der Waals surface area contributed by atoms with E-state index in [1.54, 1.807) is 6.20 Å². The molecule has 1 aromatic heterocycles. The lowest BCUT2D eigenvalue weighted by molar-refractivity contribution is 0.951. The predicted octanol–water partition coefficient (Wildman–Crippen LogP) is 0.104. The van der Waals surface area contributed by atoms with Crippen molar-refractivity contribution in [2.24, 2.45) is 0 Å². The van der Waals surface area contributed by atoms with Crippen LogP contribution in [0.2, 0.25) is 0 Å². The highest BCUT2D eigenvalue weighted by atomic mass is 27.0. The van der Waals surface area contributed by atoms with Crippen molar-refractivity contribution in [2.45, 2.75) is 11.7 Å². The smallest absolute Gasteiger partial charge is 0.228 e. The van der Waals surface area contributed by atoms with Gasteiger partial charge in [-0.25, -0.2) is 4.98 Å². The van der Waals surface area contributed by atoms with E-state index in [2.05, 4.69) is 16.9 Å². The normalized spacial score (nSPS) is 13.6. The average molecular weight is 124 g/mol. The van der Waals surface area contributed by atoms with Crippen molar-refractivity contribution in [1.82, 2.24) is 9.97 Å². The van der Waals surface area contributed by atoms with Crippen molar-refractivity contribution < 1.29 is 0 Å². The van der Waals surface area contributed by atoms with Gasteiger partial charge in [-0.2, -0.15) is 0 Å². The highest BCUT2D eigenvalue weighted by Crippen LogP contribution is 2.01. The van der Waals surface area contributed by atoms with Crippen LogP contribution < -0.4 is 0 Å². The Morgan fingerprint density at radius 2 is 2.62 bits per heavy atom. The molecule has 0 aliphatic rings. The first-order chi connectivity index (χ1) is 3.80. The van der Waals surface area contributed by atoms with Crippen LogP contribution in [0.5, 0.6) is 0 Å². The molecule has 0 amide bonds. The Morgan fingerprint density at radius 1 is 1.88 bits per heavy atom. The molecule has 2 nitrogen and oxygen atoms in total. The quantitative estimate of drug-likeness (QED) is 0.528. The van der Waals surface area contributed by atoms with Crippen LogP contribution in [0.1, 0.15) is 17.5 Å². The molecule has 1 aromatic rings. The lowest BCUT2D eigenvalue weighted by Crippen LogP contribution is -1.93. The molecule has 0 aliphatic carbocycles. The Labute approximate surface area is 56.8 Å². The first-order valence-electron chi connectivity index (χ1n) is 2.80. The van der Waals surface area contributed by atoms with Gasteiger partial charge in [0.05, 0.1) is 5.82 Å². The topological polar surface area (TPSA) is 28.7 Å². The molecule has 0 bridgehead atoms. The van der Waals surface area contributed by atoms with Gasteiger partial charge in [0.25, 0.3) is 0 Å². The summed E-state index contributed by atoms with van der Waals surface area (Å²) in [6, 6.07) is 0. The fourth-order valence-electron chi connectivity index (χ4n) is 0.593. The second-order valence-corrected chi connectivity index (χ2v) is 3.86. The van der Waals surface area contributed by atoms with E-state index >= 15 is 0 Å². The summed E-state index contributed by atoms with van der Waals surface area (Å²) in [6.45, 7) is 2.17. The van der Waals surface area contributed by atoms with Crippen LogP contribution in [0.3, 0.4) is 0 Å². The Kier molecular flexibility index (Phi) is 1.72. The molecule has 1 atom stereocenters. The monoisotopic (exact) mass is 124 g/mol. The van der Waals surface area contributed by atoms with Crippen molar-refractivity contribution in [3.05, 3.63) is 18.2 Å². The van der Waals surface area contributed by atoms with Crippen molar-refractivity contribution in [3.8, 4) is 0 Å². The van der Waals surface area contributed by atoms with Crippen molar-refractivity contribution >= 4 is 16.3 Å². The van der Waals surface area contributed by atoms with Crippen LogP contribution in [0, 0.1) is 0 Å². The Balaban J connectivity index is 2.77. The number of aromatic amines is 1. The number of hydrogen-bond acceptors (Lipinski definition) is 1. The molecule has 0 fully saturated rings. The molecule has 0 spiro atoms. The standard InChI is InChI=1S/C5H7N2.Al.2H/c1-2-5-6-3-4-7-5;;;/h2-4H,1H3,(H,6,7);;;. The number of rotatable bonds is 1. The second kappa shape index (κ2) is 2.34. The van der Waals surface area contributed by atoms with Crippen LogP contribution >= 0.6 is 0 Å². The van der Waals surface area contributed by atoms with E-state index in [1.165, 1.54) is 16.3 Å². The minimum absolute atomic E-state index is 0.657. The Hall–Kier alpha value is -0.258. The highest BCUT2D eigenvalue weighted by Gasteiger charge is 1.97. The average Bonchev–Trinajstić information content (AvgIpc) is 2.12. The number of imidazole rings is 1. The molecule has 42 valence electrons. The first-order valence-corrected chi connectivity index (χ1v) is 3.95. The van der Waals surface area contributed by atoms with Crippen LogP contribution in [0.4, 0.5) is 0 Å². The third-order valence-corrected chi connectivity index (χ3v) is 1.61. The molecule has 1 N–H and O–H groups in total.